The minimum absolute atomic E-state index is 0.0588. The molecule has 2 rings (SSSR count). The zero-order chi connectivity index (χ0) is 25.6. The summed E-state index contributed by atoms with van der Waals surface area (Å²) in [5.74, 6) is -0.919. The van der Waals surface area contributed by atoms with Crippen molar-refractivity contribution in [2.24, 2.45) is 0 Å². The molecule has 0 aliphatic heterocycles. The summed E-state index contributed by atoms with van der Waals surface area (Å²) < 4.78 is 27.1. The Morgan fingerprint density at radius 2 is 1.62 bits per heavy atom. The second kappa shape index (κ2) is 12.4. The van der Waals surface area contributed by atoms with Crippen molar-refractivity contribution < 1.29 is 18.0 Å². The van der Waals surface area contributed by atoms with E-state index < -0.39 is 28.5 Å². The Bertz CT molecular complexity index is 1110. The molecule has 2 aromatic carbocycles. The molecule has 11 heteroatoms. The van der Waals surface area contributed by atoms with Gasteiger partial charge in [0.25, 0.3) is 0 Å². The molecule has 0 fully saturated rings. The van der Waals surface area contributed by atoms with Crippen LogP contribution in [0.5, 0.6) is 0 Å². The van der Waals surface area contributed by atoms with Crippen LogP contribution in [0.3, 0.4) is 0 Å². The average Bonchev–Trinajstić information content (AvgIpc) is 2.76. The van der Waals surface area contributed by atoms with Crippen LogP contribution in [0.1, 0.15) is 32.8 Å². The number of benzene rings is 2. The van der Waals surface area contributed by atoms with E-state index in [-0.39, 0.29) is 18.5 Å². The number of nitrogens with one attached hydrogen (secondary N) is 1. The molecule has 0 heterocycles. The molecular weight excluding hydrogens is 612 g/mol. The van der Waals surface area contributed by atoms with Crippen LogP contribution in [0.2, 0.25) is 10.0 Å². The van der Waals surface area contributed by atoms with Crippen LogP contribution in [-0.2, 0) is 26.2 Å². The second-order valence-corrected chi connectivity index (χ2v) is 11.9. The average molecular weight is 640 g/mol. The third-order valence-corrected chi connectivity index (χ3v) is 7.92. The predicted molar refractivity (Wildman–Crippen MR) is 146 cm³/mol. The van der Waals surface area contributed by atoms with Gasteiger partial charge in [-0.05, 0) is 79.3 Å². The SMILES string of the molecule is CC[C@@H](C)NC(=O)[C@@H](C)N(Cc1c(Cl)cccc1Cl)C(=O)CN(c1ccc(I)cc1)S(C)(=O)=O. The Morgan fingerprint density at radius 3 is 2.12 bits per heavy atom. The van der Waals surface area contributed by atoms with Gasteiger partial charge in [-0.15, -0.1) is 0 Å². The molecule has 0 spiro atoms. The van der Waals surface area contributed by atoms with Crippen molar-refractivity contribution >= 4 is 73.3 Å². The van der Waals surface area contributed by atoms with Gasteiger partial charge in [-0.3, -0.25) is 13.9 Å². The third-order valence-electron chi connectivity index (χ3n) is 5.35. The Hall–Kier alpha value is -1.56. The number of carbonyl (C=O) groups excluding carboxylic acids is 2. The molecule has 0 unspecified atom stereocenters. The summed E-state index contributed by atoms with van der Waals surface area (Å²) in [5, 5.41) is 3.56. The number of hydrogen-bond acceptors (Lipinski definition) is 4. The fraction of sp³-hybridized carbons (Fsp3) is 0.391. The molecule has 34 heavy (non-hydrogen) atoms. The van der Waals surface area contributed by atoms with E-state index in [2.05, 4.69) is 27.9 Å². The first kappa shape index (κ1) is 28.7. The first-order valence-corrected chi connectivity index (χ1v) is 14.3. The highest BCUT2D eigenvalue weighted by atomic mass is 127. The standard InChI is InChI=1S/C23H28Cl2IN3O4S/c1-5-15(2)27-23(31)16(3)28(13-19-20(24)7-6-8-21(19)25)22(30)14-29(34(4,32)33)18-11-9-17(26)10-12-18/h6-12,15-16H,5,13-14H2,1-4H3,(H,27,31)/t15-,16-/m1/s1. The molecule has 0 bridgehead atoms. The lowest BCUT2D eigenvalue weighted by Crippen LogP contribution is -2.52. The van der Waals surface area contributed by atoms with Crippen LogP contribution in [0.15, 0.2) is 42.5 Å². The van der Waals surface area contributed by atoms with Gasteiger partial charge in [-0.1, -0.05) is 36.2 Å². The summed E-state index contributed by atoms with van der Waals surface area (Å²) in [6, 6.07) is 10.7. The van der Waals surface area contributed by atoms with Crippen LogP contribution < -0.4 is 9.62 Å². The fourth-order valence-corrected chi connectivity index (χ4v) is 4.85. The Balaban J connectivity index is 2.43. The van der Waals surface area contributed by atoms with Gasteiger partial charge in [0.05, 0.1) is 11.9 Å². The number of rotatable bonds is 10. The lowest BCUT2D eigenvalue weighted by Gasteiger charge is -2.32. The van der Waals surface area contributed by atoms with Gasteiger partial charge in [0, 0.05) is 31.8 Å². The molecule has 2 aromatic rings. The highest BCUT2D eigenvalue weighted by Crippen LogP contribution is 2.27. The number of sulfonamides is 1. The van der Waals surface area contributed by atoms with Gasteiger partial charge < -0.3 is 10.2 Å². The maximum absolute atomic E-state index is 13.5. The van der Waals surface area contributed by atoms with E-state index in [0.29, 0.717) is 21.3 Å². The summed E-state index contributed by atoms with van der Waals surface area (Å²) in [6.45, 7) is 4.85. The van der Waals surface area contributed by atoms with E-state index in [1.54, 1.807) is 49.4 Å². The largest absolute Gasteiger partial charge is 0.352 e. The normalized spacial score (nSPS) is 13.1. The van der Waals surface area contributed by atoms with Crippen LogP contribution in [0.25, 0.3) is 0 Å². The predicted octanol–water partition coefficient (Wildman–Crippen LogP) is 4.70. The first-order valence-electron chi connectivity index (χ1n) is 10.6. The van der Waals surface area contributed by atoms with E-state index in [0.717, 1.165) is 20.6 Å². The van der Waals surface area contributed by atoms with E-state index in [1.165, 1.54) is 4.90 Å². The maximum Gasteiger partial charge on any atom is 0.244 e. The van der Waals surface area contributed by atoms with Crippen LogP contribution >= 0.6 is 45.8 Å². The number of anilines is 1. The van der Waals surface area contributed by atoms with Crippen molar-refractivity contribution in [2.45, 2.75) is 45.8 Å². The topological polar surface area (TPSA) is 86.8 Å². The van der Waals surface area contributed by atoms with Gasteiger partial charge in [-0.25, -0.2) is 8.42 Å². The van der Waals surface area contributed by atoms with Gasteiger partial charge in [0.15, 0.2) is 0 Å². The molecule has 0 radical (unpaired) electrons. The molecule has 0 aliphatic rings. The monoisotopic (exact) mass is 639 g/mol. The van der Waals surface area contributed by atoms with Crippen molar-refractivity contribution in [3.8, 4) is 0 Å². The third kappa shape index (κ3) is 7.73. The minimum atomic E-state index is -3.79. The first-order chi connectivity index (χ1) is 15.8. The fourth-order valence-electron chi connectivity index (χ4n) is 3.12. The molecule has 1 N–H and O–H groups in total. The quantitative estimate of drug-likeness (QED) is 0.382. The molecule has 7 nitrogen and oxygen atoms in total. The second-order valence-electron chi connectivity index (χ2n) is 7.96. The summed E-state index contributed by atoms with van der Waals surface area (Å²) in [4.78, 5) is 27.7. The van der Waals surface area contributed by atoms with Crippen LogP contribution in [-0.4, -0.2) is 50.0 Å². The highest BCUT2D eigenvalue weighted by Gasteiger charge is 2.31. The highest BCUT2D eigenvalue weighted by molar-refractivity contribution is 14.1. The molecule has 2 amide bonds. The Morgan fingerprint density at radius 1 is 1.06 bits per heavy atom. The van der Waals surface area contributed by atoms with E-state index in [1.807, 2.05) is 13.8 Å². The van der Waals surface area contributed by atoms with E-state index >= 15 is 0 Å². The smallest absolute Gasteiger partial charge is 0.244 e. The van der Waals surface area contributed by atoms with Crippen molar-refractivity contribution in [1.82, 2.24) is 10.2 Å². The maximum atomic E-state index is 13.5. The lowest BCUT2D eigenvalue weighted by atomic mass is 10.1. The minimum Gasteiger partial charge on any atom is -0.352 e. The molecular formula is C23H28Cl2IN3O4S. The Labute approximate surface area is 225 Å². The van der Waals surface area contributed by atoms with Crippen molar-refractivity contribution in [1.29, 1.82) is 0 Å². The van der Waals surface area contributed by atoms with E-state index in [4.69, 9.17) is 23.2 Å². The van der Waals surface area contributed by atoms with E-state index in [9.17, 15) is 18.0 Å². The van der Waals surface area contributed by atoms with Gasteiger partial charge in [0.1, 0.15) is 12.6 Å². The van der Waals surface area contributed by atoms with Gasteiger partial charge in [-0.2, -0.15) is 0 Å². The van der Waals surface area contributed by atoms with Crippen molar-refractivity contribution in [3.63, 3.8) is 0 Å². The molecule has 0 saturated carbocycles. The molecule has 2 atom stereocenters. The number of nitrogens with zero attached hydrogens (tertiary/aromatic N) is 2. The van der Waals surface area contributed by atoms with Gasteiger partial charge >= 0.3 is 0 Å². The van der Waals surface area contributed by atoms with Crippen molar-refractivity contribution in [2.75, 3.05) is 17.1 Å². The summed E-state index contributed by atoms with van der Waals surface area (Å²) >= 11 is 14.8. The summed E-state index contributed by atoms with van der Waals surface area (Å²) in [6.07, 6.45) is 1.75. The number of carbonyl (C=O) groups is 2. The number of hydrogen-bond donors (Lipinski definition) is 1. The van der Waals surface area contributed by atoms with Gasteiger partial charge in [0.2, 0.25) is 21.8 Å². The molecule has 0 aromatic heterocycles. The zero-order valence-corrected chi connectivity index (χ0v) is 23.9. The summed E-state index contributed by atoms with van der Waals surface area (Å²) in [5.41, 5.74) is 0.825. The van der Waals surface area contributed by atoms with Crippen molar-refractivity contribution in [3.05, 3.63) is 61.6 Å². The zero-order valence-electron chi connectivity index (χ0n) is 19.4. The van der Waals surface area contributed by atoms with Crippen LogP contribution in [0.4, 0.5) is 5.69 Å². The summed E-state index contributed by atoms with van der Waals surface area (Å²) in [7, 11) is -3.79. The molecule has 186 valence electrons. The van der Waals surface area contributed by atoms with Crippen LogP contribution in [0, 0.1) is 3.57 Å². The molecule has 0 aliphatic carbocycles. The molecule has 0 saturated heterocycles. The number of halogens is 3. The number of amides is 2. The lowest BCUT2D eigenvalue weighted by molar-refractivity contribution is -0.139. The Kier molecular flexibility index (Phi) is 10.5.